The molecule has 2 heterocycles. The lowest BCUT2D eigenvalue weighted by Crippen LogP contribution is -2.30. The van der Waals surface area contributed by atoms with Crippen molar-refractivity contribution in [1.82, 2.24) is 5.16 Å². The first-order chi connectivity index (χ1) is 12.3. The maximum atomic E-state index is 12.3. The number of nitrogens with zero attached hydrogens (tertiary/aromatic N) is 2. The fraction of sp³-hybridized carbons (Fsp3) is 0.353. The summed E-state index contributed by atoms with van der Waals surface area (Å²) in [5.41, 5.74) is 2.28. The second-order valence-corrected chi connectivity index (χ2v) is 8.08. The van der Waals surface area contributed by atoms with E-state index >= 15 is 0 Å². The van der Waals surface area contributed by atoms with E-state index in [1.54, 1.807) is 26.0 Å². The Bertz CT molecular complexity index is 963. The van der Waals surface area contributed by atoms with Crippen molar-refractivity contribution in [2.75, 3.05) is 23.2 Å². The number of hydrogen-bond acceptors (Lipinski definition) is 7. The monoisotopic (exact) mass is 378 g/mol. The molecule has 0 bridgehead atoms. The Morgan fingerprint density at radius 1 is 1.31 bits per heavy atom. The van der Waals surface area contributed by atoms with Crippen molar-refractivity contribution in [1.29, 1.82) is 0 Å². The number of carbonyl (C=O) groups is 2. The minimum atomic E-state index is -3.33. The van der Waals surface area contributed by atoms with E-state index in [1.807, 2.05) is 0 Å². The molecule has 0 saturated heterocycles. The number of ketones is 1. The first kappa shape index (κ1) is 18.1. The summed E-state index contributed by atoms with van der Waals surface area (Å²) >= 11 is 0. The molecular weight excluding hydrogens is 360 g/mol. The predicted molar refractivity (Wildman–Crippen MR) is 92.8 cm³/mol. The van der Waals surface area contributed by atoms with Crippen molar-refractivity contribution in [2.24, 2.45) is 0 Å². The highest BCUT2D eigenvalue weighted by atomic mass is 32.2. The van der Waals surface area contributed by atoms with Crippen molar-refractivity contribution >= 4 is 27.5 Å². The summed E-state index contributed by atoms with van der Waals surface area (Å²) in [6.45, 7) is 3.19. The molecule has 0 unspecified atom stereocenters. The van der Waals surface area contributed by atoms with Gasteiger partial charge >= 0.3 is 5.97 Å². The molecule has 138 valence electrons. The van der Waals surface area contributed by atoms with Crippen LogP contribution < -0.4 is 4.31 Å². The summed E-state index contributed by atoms with van der Waals surface area (Å²) < 4.78 is 35.3. The van der Waals surface area contributed by atoms with Gasteiger partial charge in [0.25, 0.3) is 0 Å². The van der Waals surface area contributed by atoms with Gasteiger partial charge in [-0.05, 0) is 44.0 Å². The van der Waals surface area contributed by atoms with E-state index in [1.165, 1.54) is 16.4 Å². The number of hydrogen-bond donors (Lipinski definition) is 0. The van der Waals surface area contributed by atoms with E-state index < -0.39 is 22.6 Å². The van der Waals surface area contributed by atoms with Gasteiger partial charge in [-0.2, -0.15) is 0 Å². The van der Waals surface area contributed by atoms with Gasteiger partial charge in [0, 0.05) is 18.2 Å². The largest absolute Gasteiger partial charge is 0.451 e. The molecule has 3 rings (SSSR count). The Morgan fingerprint density at radius 3 is 2.73 bits per heavy atom. The topological polar surface area (TPSA) is 107 Å². The number of rotatable bonds is 6. The van der Waals surface area contributed by atoms with Crippen LogP contribution in [0.4, 0.5) is 5.69 Å². The third-order valence-corrected chi connectivity index (χ3v) is 5.90. The summed E-state index contributed by atoms with van der Waals surface area (Å²) in [5.74, 6) is -1.19. The molecule has 0 atom stereocenters. The number of sulfonamides is 1. The molecule has 0 saturated carbocycles. The van der Waals surface area contributed by atoms with Crippen LogP contribution in [0.15, 0.2) is 28.8 Å². The zero-order chi connectivity index (χ0) is 18.9. The summed E-state index contributed by atoms with van der Waals surface area (Å²) in [4.78, 5) is 24.1. The Morgan fingerprint density at radius 2 is 2.08 bits per heavy atom. The molecular formula is C17H18N2O6S. The van der Waals surface area contributed by atoms with Gasteiger partial charge in [0.2, 0.25) is 15.8 Å². The molecule has 8 nitrogen and oxygen atoms in total. The average Bonchev–Trinajstić information content (AvgIpc) is 3.25. The first-order valence-corrected chi connectivity index (χ1v) is 9.69. The van der Waals surface area contributed by atoms with Crippen LogP contribution in [0.25, 0.3) is 0 Å². The summed E-state index contributed by atoms with van der Waals surface area (Å²) in [7, 11) is -3.33. The van der Waals surface area contributed by atoms with E-state index in [0.717, 1.165) is 5.56 Å². The standard InChI is InChI=1S/C17H18N2O6S/c1-3-26(22,23)19-7-6-12-9-13(4-5-14(12)19)15(20)10-24-17(21)16-8-11(2)18-25-16/h4-5,8-9H,3,6-7,10H2,1-2H3. The molecule has 0 aliphatic carbocycles. The summed E-state index contributed by atoms with van der Waals surface area (Å²) in [6.07, 6.45) is 0.535. The van der Waals surface area contributed by atoms with Gasteiger partial charge in [0.1, 0.15) is 0 Å². The van der Waals surface area contributed by atoms with Crippen LogP contribution in [-0.4, -0.2) is 44.2 Å². The molecule has 1 aromatic carbocycles. The molecule has 1 aromatic heterocycles. The number of fused-ring (bicyclic) bond motifs is 1. The van der Waals surface area contributed by atoms with Crippen molar-refractivity contribution in [3.8, 4) is 0 Å². The van der Waals surface area contributed by atoms with E-state index in [4.69, 9.17) is 9.26 Å². The van der Waals surface area contributed by atoms with Crippen molar-refractivity contribution in [3.05, 3.63) is 46.8 Å². The second kappa shape index (κ2) is 6.91. The highest BCUT2D eigenvalue weighted by Crippen LogP contribution is 2.31. The molecule has 9 heteroatoms. The van der Waals surface area contributed by atoms with Gasteiger partial charge in [-0.15, -0.1) is 0 Å². The lowest BCUT2D eigenvalue weighted by Gasteiger charge is -2.18. The predicted octanol–water partition coefficient (Wildman–Crippen LogP) is 1.73. The van der Waals surface area contributed by atoms with Crippen LogP contribution in [0.3, 0.4) is 0 Å². The molecule has 0 fully saturated rings. The maximum Gasteiger partial charge on any atom is 0.377 e. The Balaban J connectivity index is 1.69. The van der Waals surface area contributed by atoms with Crippen molar-refractivity contribution in [3.63, 3.8) is 0 Å². The molecule has 0 amide bonds. The Hall–Kier alpha value is -2.68. The fourth-order valence-corrected chi connectivity index (χ4v) is 3.89. The minimum Gasteiger partial charge on any atom is -0.451 e. The fourth-order valence-electron chi connectivity index (χ4n) is 2.74. The first-order valence-electron chi connectivity index (χ1n) is 8.09. The number of anilines is 1. The highest BCUT2D eigenvalue weighted by Gasteiger charge is 2.28. The number of ether oxygens (including phenoxy) is 1. The van der Waals surface area contributed by atoms with Crippen LogP contribution in [0.1, 0.15) is 39.1 Å². The van der Waals surface area contributed by atoms with Crippen molar-refractivity contribution < 1.29 is 27.3 Å². The minimum absolute atomic E-state index is 0.0180. The van der Waals surface area contributed by atoms with Crippen LogP contribution >= 0.6 is 0 Å². The molecule has 1 aliphatic heterocycles. The number of Topliss-reactive ketones (excluding diaryl/α,β-unsaturated/α-hetero) is 1. The normalized spacial score (nSPS) is 13.5. The Kier molecular flexibility index (Phi) is 4.82. The van der Waals surface area contributed by atoms with Crippen molar-refractivity contribution in [2.45, 2.75) is 20.3 Å². The van der Waals surface area contributed by atoms with Crippen LogP contribution in [0.2, 0.25) is 0 Å². The van der Waals surface area contributed by atoms with Gasteiger partial charge in [-0.3, -0.25) is 9.10 Å². The number of aromatic nitrogens is 1. The van der Waals surface area contributed by atoms with Gasteiger partial charge in [-0.25, -0.2) is 13.2 Å². The molecule has 0 N–H and O–H groups in total. The lowest BCUT2D eigenvalue weighted by atomic mass is 10.1. The zero-order valence-electron chi connectivity index (χ0n) is 14.4. The lowest BCUT2D eigenvalue weighted by molar-refractivity contribution is 0.0435. The van der Waals surface area contributed by atoms with Gasteiger partial charge in [0.15, 0.2) is 12.4 Å². The van der Waals surface area contributed by atoms with Gasteiger partial charge in [-0.1, -0.05) is 5.16 Å². The summed E-state index contributed by atoms with van der Waals surface area (Å²) in [6, 6.07) is 6.22. The van der Waals surface area contributed by atoms with E-state index in [2.05, 4.69) is 5.16 Å². The van der Waals surface area contributed by atoms with Gasteiger partial charge in [0.05, 0.1) is 17.1 Å². The van der Waals surface area contributed by atoms with Gasteiger partial charge < -0.3 is 9.26 Å². The third kappa shape index (κ3) is 3.48. The van der Waals surface area contributed by atoms with Crippen LogP contribution in [0.5, 0.6) is 0 Å². The summed E-state index contributed by atoms with van der Waals surface area (Å²) in [5, 5.41) is 3.58. The quantitative estimate of drug-likeness (QED) is 0.556. The number of esters is 1. The molecule has 0 spiro atoms. The smallest absolute Gasteiger partial charge is 0.377 e. The average molecular weight is 378 g/mol. The second-order valence-electron chi connectivity index (χ2n) is 5.90. The maximum absolute atomic E-state index is 12.3. The van der Waals surface area contributed by atoms with Crippen LogP contribution in [-0.2, 0) is 21.2 Å². The number of carbonyl (C=O) groups excluding carboxylic acids is 2. The number of aryl methyl sites for hydroxylation is 1. The Labute approximate surface area is 150 Å². The third-order valence-electron chi connectivity index (χ3n) is 4.12. The molecule has 2 aromatic rings. The molecule has 1 aliphatic rings. The van der Waals surface area contributed by atoms with E-state index in [9.17, 15) is 18.0 Å². The molecule has 0 radical (unpaired) electrons. The van der Waals surface area contributed by atoms with E-state index in [-0.39, 0.29) is 17.3 Å². The molecule has 26 heavy (non-hydrogen) atoms. The van der Waals surface area contributed by atoms with E-state index in [0.29, 0.717) is 29.9 Å². The zero-order valence-corrected chi connectivity index (χ0v) is 15.2. The SMILES string of the molecule is CCS(=O)(=O)N1CCc2cc(C(=O)COC(=O)c3cc(C)no3)ccc21. The van der Waals surface area contributed by atoms with Crippen LogP contribution in [0, 0.1) is 6.92 Å². The number of benzene rings is 1. The highest BCUT2D eigenvalue weighted by molar-refractivity contribution is 7.92.